The number of hydrogen-bond acceptors (Lipinski definition) is 5. The van der Waals surface area contributed by atoms with Crippen molar-refractivity contribution in [1.29, 1.82) is 0 Å². The molecule has 0 unspecified atom stereocenters. The van der Waals surface area contributed by atoms with Crippen LogP contribution in [0.25, 0.3) is 0 Å². The van der Waals surface area contributed by atoms with Crippen LogP contribution in [0.2, 0.25) is 0 Å². The molecule has 6 heteroatoms. The summed E-state index contributed by atoms with van der Waals surface area (Å²) in [6.07, 6.45) is 2.91. The van der Waals surface area contributed by atoms with E-state index in [-0.39, 0.29) is 11.9 Å². The van der Waals surface area contributed by atoms with Gasteiger partial charge in [-0.05, 0) is 31.4 Å². The Bertz CT molecular complexity index is 799. The number of nitrogens with zero attached hydrogens (tertiary/aromatic N) is 3. The van der Waals surface area contributed by atoms with E-state index in [2.05, 4.69) is 40.1 Å². The molecule has 0 aliphatic carbocycles. The fourth-order valence-electron chi connectivity index (χ4n) is 4.52. The molecule has 1 aromatic carbocycles. The highest BCUT2D eigenvalue weighted by Gasteiger charge is 2.36. The number of amides is 1. The Morgan fingerprint density at radius 1 is 1.10 bits per heavy atom. The predicted octanol–water partition coefficient (Wildman–Crippen LogP) is 2.02. The van der Waals surface area contributed by atoms with Crippen molar-refractivity contribution in [2.45, 2.75) is 31.9 Å². The maximum Gasteiger partial charge on any atom is 0.289 e. The van der Waals surface area contributed by atoms with Crippen LogP contribution in [0.15, 0.2) is 47.1 Å². The zero-order valence-electron chi connectivity index (χ0n) is 17.2. The third-order valence-corrected chi connectivity index (χ3v) is 6.33. The normalized spacial score (nSPS) is 24.0. The monoisotopic (exact) mass is 397 g/mol. The third kappa shape index (κ3) is 4.71. The summed E-state index contributed by atoms with van der Waals surface area (Å²) in [5, 5.41) is 10.7. The molecule has 0 bridgehead atoms. The zero-order chi connectivity index (χ0) is 20.2. The fraction of sp³-hybridized carbons (Fsp3) is 0.522. The molecule has 1 N–H and O–H groups in total. The van der Waals surface area contributed by atoms with Crippen LogP contribution in [0.1, 0.15) is 28.1 Å². The summed E-state index contributed by atoms with van der Waals surface area (Å²) in [5.74, 6) is 0.276. The quantitative estimate of drug-likeness (QED) is 0.837. The molecule has 3 heterocycles. The summed E-state index contributed by atoms with van der Waals surface area (Å²) in [4.78, 5) is 19.3. The molecular formula is C23H31N3O3. The van der Waals surface area contributed by atoms with Crippen LogP contribution in [0, 0.1) is 6.92 Å². The average Bonchev–Trinajstić information content (AvgIpc) is 3.19. The van der Waals surface area contributed by atoms with Gasteiger partial charge in [0, 0.05) is 57.4 Å². The molecule has 2 aromatic rings. The lowest BCUT2D eigenvalue weighted by atomic mass is 9.98. The van der Waals surface area contributed by atoms with Crippen LogP contribution in [0.3, 0.4) is 0 Å². The molecule has 29 heavy (non-hydrogen) atoms. The molecule has 1 amide bonds. The second-order valence-corrected chi connectivity index (χ2v) is 8.22. The van der Waals surface area contributed by atoms with Gasteiger partial charge < -0.3 is 19.3 Å². The van der Waals surface area contributed by atoms with E-state index in [1.165, 1.54) is 5.56 Å². The van der Waals surface area contributed by atoms with Gasteiger partial charge in [-0.2, -0.15) is 0 Å². The maximum atomic E-state index is 12.6. The summed E-state index contributed by atoms with van der Waals surface area (Å²) in [5.41, 5.74) is 2.23. The number of likely N-dealkylation sites (tertiary alicyclic amines) is 1. The minimum Gasteiger partial charge on any atom is -0.459 e. The van der Waals surface area contributed by atoms with Gasteiger partial charge in [-0.3, -0.25) is 9.69 Å². The van der Waals surface area contributed by atoms with Crippen LogP contribution in [0.4, 0.5) is 0 Å². The van der Waals surface area contributed by atoms with Gasteiger partial charge in [0.05, 0.1) is 12.4 Å². The number of aliphatic hydroxyl groups excluding tert-OH is 1. The number of aryl methyl sites for hydroxylation is 1. The van der Waals surface area contributed by atoms with Gasteiger partial charge in [0.1, 0.15) is 0 Å². The van der Waals surface area contributed by atoms with Crippen molar-refractivity contribution in [2.24, 2.45) is 0 Å². The number of hydrogen-bond donors (Lipinski definition) is 1. The van der Waals surface area contributed by atoms with E-state index in [0.29, 0.717) is 18.8 Å². The second-order valence-electron chi connectivity index (χ2n) is 8.22. The van der Waals surface area contributed by atoms with Gasteiger partial charge in [-0.15, -0.1) is 0 Å². The SMILES string of the molecule is Cc1ccoc1C(=O)N1CC[C@@H](N2CCN(CCc3ccccc3)CC2)[C@H](O)C1. The van der Waals surface area contributed by atoms with Crippen molar-refractivity contribution in [3.05, 3.63) is 59.5 Å². The summed E-state index contributed by atoms with van der Waals surface area (Å²) < 4.78 is 5.34. The number of aliphatic hydroxyl groups is 1. The van der Waals surface area contributed by atoms with Crippen molar-refractivity contribution < 1.29 is 14.3 Å². The van der Waals surface area contributed by atoms with Crippen molar-refractivity contribution >= 4 is 5.91 Å². The Kier molecular flexibility index (Phi) is 6.33. The lowest BCUT2D eigenvalue weighted by molar-refractivity contribution is -0.0248. The molecule has 1 aromatic heterocycles. The van der Waals surface area contributed by atoms with Crippen molar-refractivity contribution in [3.8, 4) is 0 Å². The summed E-state index contributed by atoms with van der Waals surface area (Å²) in [6.45, 7) is 8.00. The lowest BCUT2D eigenvalue weighted by Crippen LogP contribution is -2.59. The lowest BCUT2D eigenvalue weighted by Gasteiger charge is -2.45. The number of β-amino-alcohol motifs (C(OH)–C–C–N with tert-alkyl or cyclic N) is 1. The van der Waals surface area contributed by atoms with Crippen LogP contribution in [0.5, 0.6) is 0 Å². The molecule has 2 aliphatic rings. The molecule has 6 nitrogen and oxygen atoms in total. The largest absolute Gasteiger partial charge is 0.459 e. The van der Waals surface area contributed by atoms with Gasteiger partial charge in [-0.1, -0.05) is 30.3 Å². The minimum atomic E-state index is -0.515. The van der Waals surface area contributed by atoms with Gasteiger partial charge >= 0.3 is 0 Å². The maximum absolute atomic E-state index is 12.6. The number of furan rings is 1. The highest BCUT2D eigenvalue weighted by molar-refractivity contribution is 5.92. The molecule has 156 valence electrons. The summed E-state index contributed by atoms with van der Waals surface area (Å²) in [7, 11) is 0. The first-order chi connectivity index (χ1) is 14.1. The van der Waals surface area contributed by atoms with Crippen LogP contribution >= 0.6 is 0 Å². The van der Waals surface area contributed by atoms with E-state index in [1.54, 1.807) is 17.2 Å². The van der Waals surface area contributed by atoms with Crippen LogP contribution in [-0.4, -0.2) is 83.7 Å². The molecule has 0 spiro atoms. The Hall–Kier alpha value is -2.15. The van der Waals surface area contributed by atoms with Gasteiger partial charge in [0.15, 0.2) is 5.76 Å². The van der Waals surface area contributed by atoms with Gasteiger partial charge in [0.25, 0.3) is 5.91 Å². The minimum absolute atomic E-state index is 0.115. The Morgan fingerprint density at radius 2 is 1.86 bits per heavy atom. The van der Waals surface area contributed by atoms with E-state index in [1.807, 2.05) is 6.92 Å². The first-order valence-corrected chi connectivity index (χ1v) is 10.6. The Balaban J connectivity index is 1.24. The van der Waals surface area contributed by atoms with E-state index < -0.39 is 6.10 Å². The van der Waals surface area contributed by atoms with Crippen molar-refractivity contribution in [1.82, 2.24) is 14.7 Å². The van der Waals surface area contributed by atoms with Gasteiger partial charge in [0.2, 0.25) is 0 Å². The topological polar surface area (TPSA) is 60.2 Å². The zero-order valence-corrected chi connectivity index (χ0v) is 17.2. The highest BCUT2D eigenvalue weighted by atomic mass is 16.3. The van der Waals surface area contributed by atoms with Gasteiger partial charge in [-0.25, -0.2) is 0 Å². The average molecular weight is 398 g/mol. The van der Waals surface area contributed by atoms with E-state index >= 15 is 0 Å². The molecule has 2 fully saturated rings. The smallest absolute Gasteiger partial charge is 0.289 e. The Morgan fingerprint density at radius 3 is 2.52 bits per heavy atom. The van der Waals surface area contributed by atoms with Crippen molar-refractivity contribution in [3.63, 3.8) is 0 Å². The number of benzene rings is 1. The molecule has 2 saturated heterocycles. The highest BCUT2D eigenvalue weighted by Crippen LogP contribution is 2.22. The third-order valence-electron chi connectivity index (χ3n) is 6.33. The Labute approximate surface area is 172 Å². The molecule has 0 radical (unpaired) electrons. The van der Waals surface area contributed by atoms with E-state index in [9.17, 15) is 9.90 Å². The summed E-state index contributed by atoms with van der Waals surface area (Å²) >= 11 is 0. The molecule has 4 rings (SSSR count). The van der Waals surface area contributed by atoms with Crippen molar-refractivity contribution in [2.75, 3.05) is 45.8 Å². The molecular weight excluding hydrogens is 366 g/mol. The molecule has 2 atom stereocenters. The first kappa shape index (κ1) is 20.1. The molecule has 0 saturated carbocycles. The number of rotatable bonds is 5. The second kappa shape index (κ2) is 9.11. The number of carbonyl (C=O) groups excluding carboxylic acids is 1. The van der Waals surface area contributed by atoms with E-state index in [0.717, 1.165) is 51.1 Å². The fourth-order valence-corrected chi connectivity index (χ4v) is 4.52. The standard InChI is InChI=1S/C23H31N3O3/c1-18-9-16-29-22(18)23(28)26-11-8-20(21(27)17-26)25-14-12-24(13-15-25)10-7-19-5-3-2-4-6-19/h2-6,9,16,20-21,27H,7-8,10-15,17H2,1H3/t20-,21-/m1/s1. The number of piperazine rings is 1. The van der Waals surface area contributed by atoms with Crippen LogP contribution in [-0.2, 0) is 6.42 Å². The predicted molar refractivity (Wildman–Crippen MR) is 112 cm³/mol. The van der Waals surface area contributed by atoms with E-state index in [4.69, 9.17) is 4.42 Å². The van der Waals surface area contributed by atoms with Crippen LogP contribution < -0.4 is 0 Å². The first-order valence-electron chi connectivity index (χ1n) is 10.6. The number of carbonyl (C=O) groups is 1. The molecule has 2 aliphatic heterocycles. The number of piperidine rings is 1. The summed E-state index contributed by atoms with van der Waals surface area (Å²) in [6, 6.07) is 12.6.